The smallest absolute Gasteiger partial charge is 0.120 e. The summed E-state index contributed by atoms with van der Waals surface area (Å²) in [6, 6.07) is 5.67. The number of anilines is 1. The first-order chi connectivity index (χ1) is 9.11. The maximum atomic E-state index is 5.77. The molecule has 1 aromatic carbocycles. The van der Waals surface area contributed by atoms with Gasteiger partial charge in [-0.3, -0.25) is 0 Å². The van der Waals surface area contributed by atoms with E-state index in [1.54, 1.807) is 18.4 Å². The predicted octanol–water partition coefficient (Wildman–Crippen LogP) is 2.42. The van der Waals surface area contributed by atoms with Crippen LogP contribution >= 0.6 is 23.6 Å². The van der Waals surface area contributed by atoms with Crippen LogP contribution in [0.2, 0.25) is 0 Å². The first kappa shape index (κ1) is 13.8. The normalized spacial score (nSPS) is 10.2. The zero-order valence-electron chi connectivity index (χ0n) is 10.8. The minimum absolute atomic E-state index is 0.378. The van der Waals surface area contributed by atoms with Gasteiger partial charge in [-0.25, -0.2) is 4.98 Å². The van der Waals surface area contributed by atoms with Crippen LogP contribution in [0.5, 0.6) is 5.75 Å². The van der Waals surface area contributed by atoms with Crippen molar-refractivity contribution in [1.82, 2.24) is 4.98 Å². The van der Waals surface area contributed by atoms with E-state index in [0.29, 0.717) is 11.5 Å². The maximum absolute atomic E-state index is 5.77. The average Bonchev–Trinajstić information content (AvgIpc) is 2.90. The van der Waals surface area contributed by atoms with E-state index in [2.05, 4.69) is 9.88 Å². The predicted molar refractivity (Wildman–Crippen MR) is 83.1 cm³/mol. The van der Waals surface area contributed by atoms with E-state index in [1.807, 2.05) is 36.1 Å². The Labute approximate surface area is 121 Å². The molecule has 19 heavy (non-hydrogen) atoms. The number of ether oxygens (including phenoxy) is 1. The third-order valence-electron chi connectivity index (χ3n) is 2.76. The molecular formula is C13H15N3OS2. The summed E-state index contributed by atoms with van der Waals surface area (Å²) in [5.41, 5.74) is 10.4. The molecule has 0 saturated carbocycles. The molecule has 0 radical (unpaired) electrons. The maximum Gasteiger partial charge on any atom is 0.120 e. The summed E-state index contributed by atoms with van der Waals surface area (Å²) in [4.78, 5) is 6.72. The van der Waals surface area contributed by atoms with Gasteiger partial charge in [0, 0.05) is 24.1 Å². The van der Waals surface area contributed by atoms with Crippen LogP contribution < -0.4 is 15.4 Å². The van der Waals surface area contributed by atoms with Crippen molar-refractivity contribution in [3.63, 3.8) is 0 Å². The molecule has 2 aromatic rings. The summed E-state index contributed by atoms with van der Waals surface area (Å²) in [7, 11) is 3.62. The Hall–Kier alpha value is -1.66. The van der Waals surface area contributed by atoms with Crippen LogP contribution in [0.1, 0.15) is 11.3 Å². The van der Waals surface area contributed by atoms with Crippen molar-refractivity contribution < 1.29 is 4.74 Å². The second-order valence-electron chi connectivity index (χ2n) is 4.08. The molecule has 0 aliphatic carbocycles. The lowest BCUT2D eigenvalue weighted by Gasteiger charge is -2.22. The molecule has 4 nitrogen and oxygen atoms in total. The van der Waals surface area contributed by atoms with Crippen LogP contribution in [-0.4, -0.2) is 24.1 Å². The lowest BCUT2D eigenvalue weighted by Crippen LogP contribution is -2.21. The Morgan fingerprint density at radius 2 is 2.32 bits per heavy atom. The van der Waals surface area contributed by atoms with Gasteiger partial charge in [-0.2, -0.15) is 0 Å². The molecule has 6 heteroatoms. The Bertz CT molecular complexity index is 569. The van der Waals surface area contributed by atoms with Crippen molar-refractivity contribution in [3.8, 4) is 5.75 Å². The molecule has 0 bridgehead atoms. The second kappa shape index (κ2) is 5.99. The monoisotopic (exact) mass is 293 g/mol. The lowest BCUT2D eigenvalue weighted by atomic mass is 10.1. The van der Waals surface area contributed by atoms with Crippen LogP contribution in [0.3, 0.4) is 0 Å². The van der Waals surface area contributed by atoms with Gasteiger partial charge >= 0.3 is 0 Å². The molecule has 0 unspecified atom stereocenters. The minimum Gasteiger partial charge on any atom is -0.497 e. The Kier molecular flexibility index (Phi) is 4.34. The first-order valence-corrected chi connectivity index (χ1v) is 7.03. The van der Waals surface area contributed by atoms with E-state index < -0.39 is 0 Å². The zero-order chi connectivity index (χ0) is 13.8. The largest absolute Gasteiger partial charge is 0.497 e. The highest BCUT2D eigenvalue weighted by Gasteiger charge is 2.12. The van der Waals surface area contributed by atoms with Crippen LogP contribution in [-0.2, 0) is 6.54 Å². The third kappa shape index (κ3) is 3.21. The highest BCUT2D eigenvalue weighted by Crippen LogP contribution is 2.26. The molecule has 0 fully saturated rings. The number of hydrogen-bond donors (Lipinski definition) is 1. The van der Waals surface area contributed by atoms with Crippen LogP contribution in [0.4, 0.5) is 5.69 Å². The van der Waals surface area contributed by atoms with E-state index in [9.17, 15) is 0 Å². The Morgan fingerprint density at radius 3 is 2.89 bits per heavy atom. The Morgan fingerprint density at radius 1 is 1.53 bits per heavy atom. The summed E-state index contributed by atoms with van der Waals surface area (Å²) in [5, 5.41) is 2.02. The van der Waals surface area contributed by atoms with Crippen molar-refractivity contribution in [1.29, 1.82) is 0 Å². The van der Waals surface area contributed by atoms with E-state index >= 15 is 0 Å². The van der Waals surface area contributed by atoms with Gasteiger partial charge in [0.25, 0.3) is 0 Å². The van der Waals surface area contributed by atoms with Crippen molar-refractivity contribution in [2.75, 3.05) is 19.1 Å². The number of thiazole rings is 1. The van der Waals surface area contributed by atoms with Crippen LogP contribution in [0.15, 0.2) is 29.1 Å². The number of methoxy groups -OCH3 is 1. The van der Waals surface area contributed by atoms with Gasteiger partial charge in [-0.05, 0) is 12.1 Å². The van der Waals surface area contributed by atoms with E-state index in [0.717, 1.165) is 22.7 Å². The first-order valence-electron chi connectivity index (χ1n) is 5.68. The van der Waals surface area contributed by atoms with Gasteiger partial charge in [-0.1, -0.05) is 12.2 Å². The summed E-state index contributed by atoms with van der Waals surface area (Å²) < 4.78 is 5.25. The number of thiocarbonyl (C=S) groups is 1. The molecule has 1 heterocycles. The molecule has 1 aromatic heterocycles. The van der Waals surface area contributed by atoms with Crippen molar-refractivity contribution in [2.24, 2.45) is 5.73 Å². The highest BCUT2D eigenvalue weighted by molar-refractivity contribution is 7.80. The molecule has 0 aliphatic heterocycles. The second-order valence-corrected chi connectivity index (χ2v) is 5.24. The molecule has 0 amide bonds. The van der Waals surface area contributed by atoms with Crippen molar-refractivity contribution >= 4 is 34.2 Å². The molecule has 0 aliphatic rings. The molecular weight excluding hydrogens is 278 g/mol. The number of nitrogens with zero attached hydrogens (tertiary/aromatic N) is 2. The molecule has 0 saturated heterocycles. The summed E-state index contributed by atoms with van der Waals surface area (Å²) >= 11 is 6.67. The van der Waals surface area contributed by atoms with Crippen LogP contribution in [0, 0.1) is 0 Å². The van der Waals surface area contributed by atoms with Gasteiger partial charge in [-0.15, -0.1) is 11.3 Å². The van der Waals surface area contributed by atoms with E-state index in [4.69, 9.17) is 22.7 Å². The molecule has 0 spiro atoms. The number of benzene rings is 1. The lowest BCUT2D eigenvalue weighted by molar-refractivity contribution is 0.415. The summed E-state index contributed by atoms with van der Waals surface area (Å²) in [6.45, 7) is 0.701. The summed E-state index contributed by atoms with van der Waals surface area (Å²) in [6.07, 6.45) is 0. The fraction of sp³-hybridized carbons (Fsp3) is 0.231. The molecule has 2 rings (SSSR count). The third-order valence-corrected chi connectivity index (χ3v) is 3.62. The minimum atomic E-state index is 0.378. The van der Waals surface area contributed by atoms with Gasteiger partial charge in [0.05, 0.1) is 30.5 Å². The average molecular weight is 293 g/mol. The van der Waals surface area contributed by atoms with Crippen molar-refractivity contribution in [3.05, 3.63) is 40.3 Å². The molecule has 100 valence electrons. The van der Waals surface area contributed by atoms with Gasteiger partial charge < -0.3 is 15.4 Å². The van der Waals surface area contributed by atoms with Gasteiger partial charge in [0.2, 0.25) is 0 Å². The number of nitrogens with two attached hydrogens (primary N) is 1. The number of rotatable bonds is 5. The SMILES string of the molecule is COc1ccc(C(N)=S)c(N(C)Cc2cscn2)c1. The zero-order valence-corrected chi connectivity index (χ0v) is 12.4. The quantitative estimate of drug-likeness (QED) is 0.858. The van der Waals surface area contributed by atoms with E-state index in [1.165, 1.54) is 0 Å². The fourth-order valence-electron chi connectivity index (χ4n) is 1.81. The number of hydrogen-bond acceptors (Lipinski definition) is 5. The van der Waals surface area contributed by atoms with Gasteiger partial charge in [0.15, 0.2) is 0 Å². The van der Waals surface area contributed by atoms with Gasteiger partial charge in [0.1, 0.15) is 10.7 Å². The van der Waals surface area contributed by atoms with Crippen LogP contribution in [0.25, 0.3) is 0 Å². The standard InChI is InChI=1S/C13H15N3OS2/c1-16(6-9-7-19-8-15-9)12-5-10(17-2)3-4-11(12)13(14)18/h3-5,7-8H,6H2,1-2H3,(H2,14,18). The molecule has 2 N–H and O–H groups in total. The number of aromatic nitrogens is 1. The highest BCUT2D eigenvalue weighted by atomic mass is 32.1. The Balaban J connectivity index is 2.32. The van der Waals surface area contributed by atoms with Crippen molar-refractivity contribution in [2.45, 2.75) is 6.54 Å². The topological polar surface area (TPSA) is 51.4 Å². The fourth-order valence-corrected chi connectivity index (χ4v) is 2.53. The molecule has 0 atom stereocenters. The van der Waals surface area contributed by atoms with E-state index in [-0.39, 0.29) is 0 Å². The summed E-state index contributed by atoms with van der Waals surface area (Å²) in [5.74, 6) is 0.778.